The van der Waals surface area contributed by atoms with Gasteiger partial charge in [0.15, 0.2) is 11.6 Å². The predicted molar refractivity (Wildman–Crippen MR) is 110 cm³/mol. The molecule has 2 aromatic carbocycles. The monoisotopic (exact) mass is 394 g/mol. The van der Waals surface area contributed by atoms with Crippen LogP contribution in [-0.4, -0.2) is 18.6 Å². The summed E-state index contributed by atoms with van der Waals surface area (Å²) in [6.07, 6.45) is 2.47. The second-order valence-electron chi connectivity index (χ2n) is 7.10. The first-order valence-electron chi connectivity index (χ1n) is 9.71. The molecule has 5 nitrogen and oxygen atoms in total. The Balaban J connectivity index is 1.51. The van der Waals surface area contributed by atoms with E-state index in [1.54, 1.807) is 19.1 Å². The zero-order chi connectivity index (χ0) is 20.4. The highest BCUT2D eigenvalue weighted by atomic mass is 19.1. The molecule has 0 saturated heterocycles. The van der Waals surface area contributed by atoms with E-state index >= 15 is 0 Å². The lowest BCUT2D eigenvalue weighted by Gasteiger charge is -2.24. The van der Waals surface area contributed by atoms with E-state index < -0.39 is 5.82 Å². The van der Waals surface area contributed by atoms with Crippen molar-refractivity contribution >= 4 is 17.3 Å². The van der Waals surface area contributed by atoms with Gasteiger partial charge in [-0.15, -0.1) is 0 Å². The summed E-state index contributed by atoms with van der Waals surface area (Å²) in [5, 5.41) is 2.74. The summed E-state index contributed by atoms with van der Waals surface area (Å²) in [6.45, 7) is 4.81. The molecule has 0 radical (unpaired) electrons. The van der Waals surface area contributed by atoms with Gasteiger partial charge in [-0.1, -0.05) is 18.2 Å². The van der Waals surface area contributed by atoms with Crippen molar-refractivity contribution in [3.8, 4) is 5.75 Å². The number of hydrogen-bond donors (Lipinski definition) is 1. The number of anilines is 2. The molecule has 2 heterocycles. The molecular formula is C23H23FN2O3. The van der Waals surface area contributed by atoms with Gasteiger partial charge in [-0.3, -0.25) is 4.79 Å². The largest absolute Gasteiger partial charge is 0.491 e. The van der Waals surface area contributed by atoms with Crippen LogP contribution in [0.4, 0.5) is 15.8 Å². The van der Waals surface area contributed by atoms with E-state index in [-0.39, 0.29) is 11.7 Å². The lowest BCUT2D eigenvalue weighted by atomic mass is 10.1. The Labute approximate surface area is 169 Å². The third-order valence-corrected chi connectivity index (χ3v) is 5.14. The van der Waals surface area contributed by atoms with Crippen LogP contribution in [-0.2, 0) is 13.0 Å². The second-order valence-corrected chi connectivity index (χ2v) is 7.10. The highest BCUT2D eigenvalue weighted by Crippen LogP contribution is 2.33. The van der Waals surface area contributed by atoms with Crippen molar-refractivity contribution in [1.82, 2.24) is 0 Å². The number of benzene rings is 2. The van der Waals surface area contributed by atoms with Gasteiger partial charge in [-0.2, -0.15) is 0 Å². The highest BCUT2D eigenvalue weighted by molar-refractivity contribution is 6.05. The summed E-state index contributed by atoms with van der Waals surface area (Å²) in [4.78, 5) is 15.0. The number of rotatable bonds is 6. The van der Waals surface area contributed by atoms with E-state index in [1.807, 2.05) is 12.1 Å². The molecule has 1 unspecified atom stereocenters. The molecule has 150 valence electrons. The average Bonchev–Trinajstić information content (AvgIpc) is 3.29. The summed E-state index contributed by atoms with van der Waals surface area (Å²) in [6, 6.07) is 14.6. The molecule has 1 aliphatic rings. The van der Waals surface area contributed by atoms with E-state index in [9.17, 15) is 9.18 Å². The first kappa shape index (κ1) is 19.1. The van der Waals surface area contributed by atoms with Crippen molar-refractivity contribution < 1.29 is 18.3 Å². The van der Waals surface area contributed by atoms with Crippen LogP contribution in [0.1, 0.15) is 35.5 Å². The maximum atomic E-state index is 14.1. The van der Waals surface area contributed by atoms with Gasteiger partial charge in [0.2, 0.25) is 0 Å². The number of fused-ring (bicyclic) bond motifs is 1. The van der Waals surface area contributed by atoms with Gasteiger partial charge in [-0.05, 0) is 50.1 Å². The number of ether oxygens (including phenoxy) is 1. The molecule has 0 aliphatic carbocycles. The standard InChI is InChI=1S/C23H23FN2O3/c1-3-28-21-9-8-17(13-19(21)24)25-23(27)18-10-11-29-22(18)14-26-15(2)12-16-6-4-5-7-20(16)26/h4-11,13,15H,3,12,14H2,1-2H3,(H,25,27). The van der Waals surface area contributed by atoms with Crippen LogP contribution >= 0.6 is 0 Å². The predicted octanol–water partition coefficient (Wildman–Crippen LogP) is 5.02. The zero-order valence-electron chi connectivity index (χ0n) is 16.4. The normalized spacial score (nSPS) is 15.3. The molecule has 3 aromatic rings. The number of carbonyl (C=O) groups is 1. The fourth-order valence-corrected chi connectivity index (χ4v) is 3.74. The third kappa shape index (κ3) is 3.83. The smallest absolute Gasteiger partial charge is 0.259 e. The Kier molecular flexibility index (Phi) is 5.25. The summed E-state index contributed by atoms with van der Waals surface area (Å²) in [5.41, 5.74) is 3.26. The van der Waals surface area contributed by atoms with E-state index in [0.717, 1.165) is 12.1 Å². The summed E-state index contributed by atoms with van der Waals surface area (Å²) in [5.74, 6) is -0.106. The number of nitrogens with one attached hydrogen (secondary N) is 1. The number of carbonyl (C=O) groups excluding carboxylic acids is 1. The van der Waals surface area contributed by atoms with Crippen LogP contribution in [0, 0.1) is 5.82 Å². The summed E-state index contributed by atoms with van der Waals surface area (Å²) < 4.78 is 24.9. The van der Waals surface area contributed by atoms with Crippen molar-refractivity contribution in [3.05, 3.63) is 77.5 Å². The molecule has 29 heavy (non-hydrogen) atoms. The number of hydrogen-bond acceptors (Lipinski definition) is 4. The van der Waals surface area contributed by atoms with E-state index in [4.69, 9.17) is 9.15 Å². The van der Waals surface area contributed by atoms with Gasteiger partial charge in [0.1, 0.15) is 5.76 Å². The third-order valence-electron chi connectivity index (χ3n) is 5.14. The van der Waals surface area contributed by atoms with E-state index in [1.165, 1.54) is 24.0 Å². The van der Waals surface area contributed by atoms with Gasteiger partial charge >= 0.3 is 0 Å². The number of furan rings is 1. The first-order chi connectivity index (χ1) is 14.1. The van der Waals surface area contributed by atoms with Crippen molar-refractivity contribution in [1.29, 1.82) is 0 Å². The van der Waals surface area contributed by atoms with Crippen LogP contribution in [0.15, 0.2) is 59.2 Å². The zero-order valence-corrected chi connectivity index (χ0v) is 16.4. The molecular weight excluding hydrogens is 371 g/mol. The molecule has 0 bridgehead atoms. The molecule has 0 fully saturated rings. The minimum atomic E-state index is -0.514. The fourth-order valence-electron chi connectivity index (χ4n) is 3.74. The number of nitrogens with zero attached hydrogens (tertiary/aromatic N) is 1. The fraction of sp³-hybridized carbons (Fsp3) is 0.261. The Bertz CT molecular complexity index is 1030. The van der Waals surface area contributed by atoms with Crippen LogP contribution in [0.3, 0.4) is 0 Å². The van der Waals surface area contributed by atoms with Gasteiger partial charge < -0.3 is 19.4 Å². The Morgan fingerprint density at radius 2 is 2.10 bits per heavy atom. The molecule has 1 amide bonds. The van der Waals surface area contributed by atoms with E-state index in [2.05, 4.69) is 29.3 Å². The number of halogens is 1. The van der Waals surface area contributed by atoms with Crippen LogP contribution < -0.4 is 15.0 Å². The number of amides is 1. The minimum absolute atomic E-state index is 0.163. The van der Waals surface area contributed by atoms with Crippen LogP contribution in [0.2, 0.25) is 0 Å². The lowest BCUT2D eigenvalue weighted by molar-refractivity contribution is 0.102. The Morgan fingerprint density at radius 1 is 1.28 bits per heavy atom. The Hall–Kier alpha value is -3.28. The van der Waals surface area contributed by atoms with Crippen molar-refractivity contribution in [2.24, 2.45) is 0 Å². The van der Waals surface area contributed by atoms with Crippen molar-refractivity contribution in [2.45, 2.75) is 32.9 Å². The van der Waals surface area contributed by atoms with Gasteiger partial charge in [0, 0.05) is 23.5 Å². The molecule has 6 heteroatoms. The van der Waals surface area contributed by atoms with Crippen molar-refractivity contribution in [3.63, 3.8) is 0 Å². The molecule has 1 atom stereocenters. The molecule has 1 aromatic heterocycles. The summed E-state index contributed by atoms with van der Waals surface area (Å²) in [7, 11) is 0. The van der Waals surface area contributed by atoms with Crippen molar-refractivity contribution in [2.75, 3.05) is 16.8 Å². The SMILES string of the molecule is CCOc1ccc(NC(=O)c2ccoc2CN2c3ccccc3CC2C)cc1F. The topological polar surface area (TPSA) is 54.7 Å². The maximum Gasteiger partial charge on any atom is 0.259 e. The van der Waals surface area contributed by atoms with Crippen LogP contribution in [0.25, 0.3) is 0 Å². The quantitative estimate of drug-likeness (QED) is 0.638. The first-order valence-corrected chi connectivity index (χ1v) is 9.71. The lowest BCUT2D eigenvalue weighted by Crippen LogP contribution is -2.29. The molecule has 1 N–H and O–H groups in total. The summed E-state index contributed by atoms with van der Waals surface area (Å²) >= 11 is 0. The second kappa shape index (κ2) is 7.99. The van der Waals surface area contributed by atoms with E-state index in [0.29, 0.717) is 36.2 Å². The van der Waals surface area contributed by atoms with Gasteiger partial charge in [-0.25, -0.2) is 4.39 Å². The maximum absolute atomic E-state index is 14.1. The Morgan fingerprint density at radius 3 is 2.90 bits per heavy atom. The average molecular weight is 394 g/mol. The van der Waals surface area contributed by atoms with Crippen LogP contribution in [0.5, 0.6) is 5.75 Å². The van der Waals surface area contributed by atoms with Gasteiger partial charge in [0.05, 0.1) is 25.0 Å². The minimum Gasteiger partial charge on any atom is -0.491 e. The van der Waals surface area contributed by atoms with Gasteiger partial charge in [0.25, 0.3) is 5.91 Å². The molecule has 0 saturated carbocycles. The highest BCUT2D eigenvalue weighted by Gasteiger charge is 2.28. The molecule has 4 rings (SSSR count). The number of para-hydroxylation sites is 1. The molecule has 1 aliphatic heterocycles. The molecule has 0 spiro atoms.